The van der Waals surface area contributed by atoms with E-state index in [9.17, 15) is 5.11 Å². The van der Waals surface area contributed by atoms with E-state index in [1.165, 1.54) is 16.6 Å². The zero-order chi connectivity index (χ0) is 15.7. The average Bonchev–Trinajstić information content (AvgIpc) is 2.75. The van der Waals surface area contributed by atoms with Crippen molar-refractivity contribution in [3.63, 3.8) is 0 Å². The van der Waals surface area contributed by atoms with Gasteiger partial charge in [-0.25, -0.2) is 0 Å². The first-order valence-electron chi connectivity index (χ1n) is 7.80. The summed E-state index contributed by atoms with van der Waals surface area (Å²) in [6, 6.07) is 5.98. The van der Waals surface area contributed by atoms with E-state index in [1.54, 1.807) is 0 Å². The Morgan fingerprint density at radius 2 is 1.91 bits per heavy atom. The van der Waals surface area contributed by atoms with E-state index in [2.05, 4.69) is 29.4 Å². The van der Waals surface area contributed by atoms with Gasteiger partial charge in [-0.05, 0) is 25.5 Å². The number of ether oxygens (including phenoxy) is 1. The molecule has 1 aromatic heterocycles. The molecule has 1 aliphatic heterocycles. The van der Waals surface area contributed by atoms with Crippen LogP contribution in [0, 0.1) is 13.8 Å². The first-order valence-corrected chi connectivity index (χ1v) is 8.18. The predicted molar refractivity (Wildman–Crippen MR) is 96.9 cm³/mol. The lowest BCUT2D eigenvalue weighted by Crippen LogP contribution is -2.42. The van der Waals surface area contributed by atoms with Gasteiger partial charge in [-0.3, -0.25) is 4.90 Å². The minimum atomic E-state index is -0.414. The molecule has 2 heterocycles. The van der Waals surface area contributed by atoms with Crippen LogP contribution in [0.1, 0.15) is 11.3 Å². The summed E-state index contributed by atoms with van der Waals surface area (Å²) in [6.45, 7) is 8.73. The maximum absolute atomic E-state index is 10.5. The van der Waals surface area contributed by atoms with Crippen molar-refractivity contribution in [2.75, 3.05) is 32.8 Å². The molecule has 0 aliphatic carbocycles. The average molecular weight is 359 g/mol. The Morgan fingerprint density at radius 1 is 1.22 bits per heavy atom. The molecule has 3 rings (SSSR count). The Balaban J connectivity index is 0.00000192. The highest BCUT2D eigenvalue weighted by Gasteiger charge is 2.19. The summed E-state index contributed by atoms with van der Waals surface area (Å²) >= 11 is 6.39. The number of aliphatic hydroxyl groups is 1. The van der Waals surface area contributed by atoms with Crippen molar-refractivity contribution in [2.24, 2.45) is 0 Å². The zero-order valence-electron chi connectivity index (χ0n) is 13.6. The molecular weight excluding hydrogens is 335 g/mol. The lowest BCUT2D eigenvalue weighted by Gasteiger charge is -2.29. The lowest BCUT2D eigenvalue weighted by molar-refractivity contribution is 0.0116. The van der Waals surface area contributed by atoms with Gasteiger partial charge < -0.3 is 14.4 Å². The molecule has 2 aromatic rings. The molecule has 6 heteroatoms. The largest absolute Gasteiger partial charge is 0.390 e. The minimum Gasteiger partial charge on any atom is -0.390 e. The van der Waals surface area contributed by atoms with Crippen LogP contribution in [-0.4, -0.2) is 53.5 Å². The van der Waals surface area contributed by atoms with Crippen LogP contribution in [-0.2, 0) is 11.3 Å². The van der Waals surface area contributed by atoms with Gasteiger partial charge in [0.25, 0.3) is 0 Å². The lowest BCUT2D eigenvalue weighted by atomic mass is 10.2. The SMILES string of the molecule is Cc1c(C)n(CC(O)CN2CCOCC2)c2c(Cl)cccc12.Cl. The van der Waals surface area contributed by atoms with Crippen LogP contribution >= 0.6 is 24.0 Å². The van der Waals surface area contributed by atoms with Crippen molar-refractivity contribution in [1.29, 1.82) is 0 Å². The standard InChI is InChI=1S/C17H23ClN2O2.ClH/c1-12-13(2)20(17-15(12)4-3-5-16(17)18)11-14(21)10-19-6-8-22-9-7-19;/h3-5,14,21H,6-11H2,1-2H3;1H. The maximum Gasteiger partial charge on any atom is 0.0845 e. The van der Waals surface area contributed by atoms with Crippen LogP contribution in [0.5, 0.6) is 0 Å². The maximum atomic E-state index is 10.5. The second-order valence-corrected chi connectivity index (χ2v) is 6.43. The topological polar surface area (TPSA) is 37.6 Å². The van der Waals surface area contributed by atoms with Crippen molar-refractivity contribution < 1.29 is 9.84 Å². The van der Waals surface area contributed by atoms with Gasteiger partial charge in [0.15, 0.2) is 0 Å². The number of para-hydroxylation sites is 1. The number of nitrogens with zero attached hydrogens (tertiary/aromatic N) is 2. The number of aromatic nitrogens is 1. The normalized spacial score (nSPS) is 17.2. The Kier molecular flexibility index (Phi) is 6.34. The van der Waals surface area contributed by atoms with Crippen LogP contribution in [0.2, 0.25) is 5.02 Å². The molecule has 23 heavy (non-hydrogen) atoms. The molecule has 1 atom stereocenters. The second kappa shape index (κ2) is 7.86. The zero-order valence-corrected chi connectivity index (χ0v) is 15.2. The third kappa shape index (κ3) is 3.83. The molecule has 1 saturated heterocycles. The smallest absolute Gasteiger partial charge is 0.0845 e. The van der Waals surface area contributed by atoms with Gasteiger partial charge in [-0.2, -0.15) is 0 Å². The van der Waals surface area contributed by atoms with Gasteiger partial charge in [0, 0.05) is 30.7 Å². The number of aliphatic hydroxyl groups excluding tert-OH is 1. The highest BCUT2D eigenvalue weighted by molar-refractivity contribution is 6.35. The second-order valence-electron chi connectivity index (χ2n) is 6.02. The molecule has 4 nitrogen and oxygen atoms in total. The van der Waals surface area contributed by atoms with Crippen molar-refractivity contribution in [3.8, 4) is 0 Å². The minimum absolute atomic E-state index is 0. The number of benzene rings is 1. The van der Waals surface area contributed by atoms with E-state index in [1.807, 2.05) is 12.1 Å². The summed E-state index contributed by atoms with van der Waals surface area (Å²) in [4.78, 5) is 2.25. The number of hydrogen-bond donors (Lipinski definition) is 1. The molecule has 1 aliphatic rings. The number of halogens is 2. The fourth-order valence-electron chi connectivity index (χ4n) is 3.24. The van der Waals surface area contributed by atoms with Gasteiger partial charge in [0.1, 0.15) is 0 Å². The first kappa shape index (κ1) is 18.6. The summed E-state index contributed by atoms with van der Waals surface area (Å²) in [5.41, 5.74) is 3.43. The monoisotopic (exact) mass is 358 g/mol. The summed E-state index contributed by atoms with van der Waals surface area (Å²) in [5.74, 6) is 0. The van der Waals surface area contributed by atoms with Crippen molar-refractivity contribution in [1.82, 2.24) is 9.47 Å². The van der Waals surface area contributed by atoms with E-state index in [4.69, 9.17) is 16.3 Å². The summed E-state index contributed by atoms with van der Waals surface area (Å²) in [5, 5.41) is 12.4. The molecule has 1 aromatic carbocycles. The number of rotatable bonds is 4. The van der Waals surface area contributed by atoms with E-state index in [-0.39, 0.29) is 12.4 Å². The quantitative estimate of drug-likeness (QED) is 0.912. The number of β-amino-alcohol motifs (C(OH)–C–C–N with tert-alkyl or cyclic N) is 1. The molecular formula is C17H24Cl2N2O2. The van der Waals surface area contributed by atoms with Gasteiger partial charge in [-0.15, -0.1) is 12.4 Å². The third-order valence-corrected chi connectivity index (χ3v) is 4.88. The van der Waals surface area contributed by atoms with Crippen molar-refractivity contribution in [3.05, 3.63) is 34.5 Å². The Labute approximate surface area is 148 Å². The van der Waals surface area contributed by atoms with E-state index in [0.717, 1.165) is 36.8 Å². The van der Waals surface area contributed by atoms with Crippen LogP contribution in [0.15, 0.2) is 18.2 Å². The van der Waals surface area contributed by atoms with Crippen LogP contribution in [0.4, 0.5) is 0 Å². The summed E-state index contributed by atoms with van der Waals surface area (Å²) in [7, 11) is 0. The van der Waals surface area contributed by atoms with Crippen LogP contribution in [0.3, 0.4) is 0 Å². The predicted octanol–water partition coefficient (Wildman–Crippen LogP) is 3.03. The van der Waals surface area contributed by atoms with E-state index >= 15 is 0 Å². The fraction of sp³-hybridized carbons (Fsp3) is 0.529. The highest BCUT2D eigenvalue weighted by Crippen LogP contribution is 2.30. The Hall–Kier alpha value is -0.780. The van der Waals surface area contributed by atoms with Gasteiger partial charge in [0.05, 0.1) is 36.4 Å². The van der Waals surface area contributed by atoms with Crippen molar-refractivity contribution in [2.45, 2.75) is 26.5 Å². The van der Waals surface area contributed by atoms with Gasteiger partial charge >= 0.3 is 0 Å². The molecule has 0 bridgehead atoms. The first-order chi connectivity index (χ1) is 10.6. The van der Waals surface area contributed by atoms with Crippen LogP contribution < -0.4 is 0 Å². The molecule has 128 valence electrons. The number of fused-ring (bicyclic) bond motifs is 1. The van der Waals surface area contributed by atoms with E-state index < -0.39 is 6.10 Å². The summed E-state index contributed by atoms with van der Waals surface area (Å²) in [6.07, 6.45) is -0.414. The molecule has 0 saturated carbocycles. The van der Waals surface area contributed by atoms with Crippen molar-refractivity contribution >= 4 is 34.9 Å². The third-order valence-electron chi connectivity index (χ3n) is 4.57. The van der Waals surface area contributed by atoms with Gasteiger partial charge in [-0.1, -0.05) is 23.7 Å². The highest BCUT2D eigenvalue weighted by atomic mass is 35.5. The summed E-state index contributed by atoms with van der Waals surface area (Å²) < 4.78 is 7.50. The fourth-order valence-corrected chi connectivity index (χ4v) is 3.51. The molecule has 0 amide bonds. The van der Waals surface area contributed by atoms with E-state index in [0.29, 0.717) is 13.1 Å². The molecule has 1 N–H and O–H groups in total. The van der Waals surface area contributed by atoms with Gasteiger partial charge in [0.2, 0.25) is 0 Å². The Morgan fingerprint density at radius 3 is 2.61 bits per heavy atom. The number of aryl methyl sites for hydroxylation is 1. The molecule has 1 unspecified atom stereocenters. The molecule has 0 spiro atoms. The number of hydrogen-bond acceptors (Lipinski definition) is 3. The van der Waals surface area contributed by atoms with Crippen LogP contribution in [0.25, 0.3) is 10.9 Å². The molecule has 0 radical (unpaired) electrons. The molecule has 1 fully saturated rings. The Bertz CT molecular complexity index is 666. The number of morpholine rings is 1.